The summed E-state index contributed by atoms with van der Waals surface area (Å²) in [5.41, 5.74) is 2.77. The first-order valence-electron chi connectivity index (χ1n) is 7.69. The Kier molecular flexibility index (Phi) is 6.33. The zero-order valence-electron chi connectivity index (χ0n) is 14.8. The summed E-state index contributed by atoms with van der Waals surface area (Å²) in [5.74, 6) is -0.197. The number of nitrogens with one attached hydrogen (secondary N) is 1. The van der Waals surface area contributed by atoms with Crippen LogP contribution in [0, 0.1) is 0 Å². The van der Waals surface area contributed by atoms with Gasteiger partial charge < -0.3 is 4.74 Å². The number of aromatic nitrogens is 1. The van der Waals surface area contributed by atoms with Gasteiger partial charge in [0.25, 0.3) is 0 Å². The second-order valence-corrected chi connectivity index (χ2v) is 7.53. The molecule has 0 saturated heterocycles. The second-order valence-electron chi connectivity index (χ2n) is 6.26. The maximum Gasteiger partial charge on any atom is 0.428 e. The fraction of sp³-hybridized carbons (Fsp3) is 0.294. The van der Waals surface area contributed by atoms with Crippen molar-refractivity contribution in [1.82, 2.24) is 10.4 Å². The van der Waals surface area contributed by atoms with Crippen molar-refractivity contribution in [1.29, 1.82) is 0 Å². The van der Waals surface area contributed by atoms with E-state index in [1.807, 2.05) is 0 Å². The molecule has 2 rings (SSSR count). The predicted octanol–water partition coefficient (Wildman–Crippen LogP) is 4.34. The lowest BCUT2D eigenvalue weighted by Crippen LogP contribution is -2.29. The highest BCUT2D eigenvalue weighted by Gasteiger charge is 2.18. The Balaban J connectivity index is 2.11. The van der Waals surface area contributed by atoms with Crippen molar-refractivity contribution >= 4 is 52.0 Å². The van der Waals surface area contributed by atoms with Gasteiger partial charge in [-0.05, 0) is 39.0 Å². The molecule has 1 aromatic heterocycles. The zero-order chi connectivity index (χ0) is 19.3. The number of hydrogen-bond acceptors (Lipinski definition) is 6. The lowest BCUT2D eigenvalue weighted by molar-refractivity contribution is -0.115. The van der Waals surface area contributed by atoms with Crippen LogP contribution in [0.3, 0.4) is 0 Å². The largest absolute Gasteiger partial charge is 0.443 e. The Hall–Kier alpha value is -2.45. The minimum atomic E-state index is -0.659. The molecule has 2 aromatic rings. The van der Waals surface area contributed by atoms with Gasteiger partial charge in [0, 0.05) is 17.3 Å². The van der Waals surface area contributed by atoms with Crippen LogP contribution in [-0.2, 0) is 9.53 Å². The summed E-state index contributed by atoms with van der Waals surface area (Å²) in [6.07, 6.45) is 0.716. The van der Waals surface area contributed by atoms with Gasteiger partial charge in [-0.2, -0.15) is 5.10 Å². The van der Waals surface area contributed by atoms with E-state index in [0.29, 0.717) is 21.5 Å². The average Bonchev–Trinajstić information content (AvgIpc) is 2.93. The molecule has 0 aliphatic carbocycles. The van der Waals surface area contributed by atoms with Crippen LogP contribution in [0.15, 0.2) is 34.7 Å². The number of hydrogen-bond donors (Lipinski definition) is 1. The minimum Gasteiger partial charge on any atom is -0.443 e. The zero-order valence-corrected chi connectivity index (χ0v) is 16.4. The lowest BCUT2D eigenvalue weighted by Gasteiger charge is -2.18. The van der Waals surface area contributed by atoms with E-state index in [0.717, 1.165) is 0 Å². The van der Waals surface area contributed by atoms with Crippen molar-refractivity contribution < 1.29 is 14.3 Å². The minimum absolute atomic E-state index is 0.197. The molecule has 0 radical (unpaired) electrons. The Morgan fingerprint density at radius 1 is 1.38 bits per heavy atom. The summed E-state index contributed by atoms with van der Waals surface area (Å²) in [6.45, 7) is 6.72. The standard InChI is InChI=1S/C17H19ClN4O3S/c1-11(23)22(14-7-5-6-12(18)8-14)15-20-13(10-26-15)9-19-21-16(24)25-17(2,3)4/h5-10H,1-4H3,(H,21,24)/b19-9-. The number of amides is 2. The number of halogens is 1. The van der Waals surface area contributed by atoms with E-state index >= 15 is 0 Å². The molecule has 26 heavy (non-hydrogen) atoms. The third kappa shape index (κ3) is 5.82. The van der Waals surface area contributed by atoms with Gasteiger partial charge in [0.2, 0.25) is 5.91 Å². The smallest absolute Gasteiger partial charge is 0.428 e. The number of nitrogens with zero attached hydrogens (tertiary/aromatic N) is 3. The highest BCUT2D eigenvalue weighted by atomic mass is 35.5. The van der Waals surface area contributed by atoms with E-state index < -0.39 is 11.7 Å². The number of hydrazone groups is 1. The maximum atomic E-state index is 12.0. The topological polar surface area (TPSA) is 83.9 Å². The normalized spacial score (nSPS) is 11.4. The molecule has 0 bridgehead atoms. The third-order valence-corrected chi connectivity index (χ3v) is 3.91. The number of carbonyl (C=O) groups is 2. The van der Waals surface area contributed by atoms with E-state index in [-0.39, 0.29) is 5.91 Å². The molecule has 1 aromatic carbocycles. The molecule has 138 valence electrons. The number of carbonyl (C=O) groups excluding carboxylic acids is 2. The highest BCUT2D eigenvalue weighted by Crippen LogP contribution is 2.30. The molecule has 1 heterocycles. The van der Waals surface area contributed by atoms with Crippen LogP contribution in [0.5, 0.6) is 0 Å². The van der Waals surface area contributed by atoms with Crippen LogP contribution in [0.1, 0.15) is 33.4 Å². The first-order valence-corrected chi connectivity index (χ1v) is 8.95. The fourth-order valence-corrected chi connectivity index (χ4v) is 2.95. The number of thiazole rings is 1. The molecular formula is C17H19ClN4O3S. The van der Waals surface area contributed by atoms with Gasteiger partial charge in [0.05, 0.1) is 17.6 Å². The molecule has 0 atom stereocenters. The van der Waals surface area contributed by atoms with Gasteiger partial charge in [-0.15, -0.1) is 11.3 Å². The summed E-state index contributed by atoms with van der Waals surface area (Å²) in [5, 5.41) is 6.51. The maximum absolute atomic E-state index is 12.0. The second kappa shape index (κ2) is 8.29. The van der Waals surface area contributed by atoms with Crippen molar-refractivity contribution in [3.8, 4) is 0 Å². The summed E-state index contributed by atoms with van der Waals surface area (Å²) in [4.78, 5) is 29.4. The highest BCUT2D eigenvalue weighted by molar-refractivity contribution is 7.14. The van der Waals surface area contributed by atoms with Crippen LogP contribution in [0.4, 0.5) is 15.6 Å². The summed E-state index contributed by atoms with van der Waals surface area (Å²) >= 11 is 7.27. The number of benzene rings is 1. The number of anilines is 2. The van der Waals surface area contributed by atoms with Crippen LogP contribution in [-0.4, -0.2) is 28.8 Å². The molecule has 0 unspecified atom stereocenters. The van der Waals surface area contributed by atoms with Gasteiger partial charge in [-0.3, -0.25) is 9.69 Å². The summed E-state index contributed by atoms with van der Waals surface area (Å²) < 4.78 is 5.07. The van der Waals surface area contributed by atoms with Gasteiger partial charge in [-0.25, -0.2) is 15.2 Å². The molecule has 0 spiro atoms. The Morgan fingerprint density at radius 2 is 2.12 bits per heavy atom. The monoisotopic (exact) mass is 394 g/mol. The molecule has 9 heteroatoms. The van der Waals surface area contributed by atoms with Crippen molar-refractivity contribution in [2.24, 2.45) is 5.10 Å². The molecule has 2 amide bonds. The predicted molar refractivity (Wildman–Crippen MR) is 103 cm³/mol. The van der Waals surface area contributed by atoms with E-state index in [4.69, 9.17) is 16.3 Å². The van der Waals surface area contributed by atoms with Crippen LogP contribution >= 0.6 is 22.9 Å². The molecule has 0 saturated carbocycles. The Labute approximate surface area is 160 Å². The molecule has 0 aliphatic heterocycles. The lowest BCUT2D eigenvalue weighted by atomic mass is 10.2. The number of ether oxygens (including phenoxy) is 1. The van der Waals surface area contributed by atoms with E-state index in [1.165, 1.54) is 29.4 Å². The van der Waals surface area contributed by atoms with E-state index in [1.54, 1.807) is 50.4 Å². The average molecular weight is 395 g/mol. The number of rotatable bonds is 4. The van der Waals surface area contributed by atoms with Gasteiger partial charge in [0.15, 0.2) is 5.13 Å². The van der Waals surface area contributed by atoms with Crippen LogP contribution in [0.2, 0.25) is 5.02 Å². The molecule has 7 nitrogen and oxygen atoms in total. The van der Waals surface area contributed by atoms with Crippen molar-refractivity contribution in [3.63, 3.8) is 0 Å². The molecule has 1 N–H and O–H groups in total. The van der Waals surface area contributed by atoms with Crippen molar-refractivity contribution in [3.05, 3.63) is 40.4 Å². The van der Waals surface area contributed by atoms with Gasteiger partial charge in [0.1, 0.15) is 5.60 Å². The van der Waals surface area contributed by atoms with Crippen LogP contribution in [0.25, 0.3) is 0 Å². The molecule has 0 fully saturated rings. The third-order valence-electron chi connectivity index (χ3n) is 2.83. The molecular weight excluding hydrogens is 376 g/mol. The van der Waals surface area contributed by atoms with Gasteiger partial charge in [-0.1, -0.05) is 17.7 Å². The summed E-state index contributed by atoms with van der Waals surface area (Å²) in [6, 6.07) is 6.94. The van der Waals surface area contributed by atoms with Crippen LogP contribution < -0.4 is 10.3 Å². The first-order chi connectivity index (χ1) is 12.2. The Morgan fingerprint density at radius 3 is 2.73 bits per heavy atom. The van der Waals surface area contributed by atoms with Crippen molar-refractivity contribution in [2.75, 3.05) is 4.90 Å². The fourth-order valence-electron chi connectivity index (χ4n) is 1.93. The summed E-state index contributed by atoms with van der Waals surface area (Å²) in [7, 11) is 0. The van der Waals surface area contributed by atoms with E-state index in [2.05, 4.69) is 15.5 Å². The quantitative estimate of drug-likeness (QED) is 0.617. The SMILES string of the molecule is CC(=O)N(c1cccc(Cl)c1)c1nc(/C=N\NC(=O)OC(C)(C)C)cs1. The molecule has 0 aliphatic rings. The Bertz CT molecular complexity index is 829. The van der Waals surface area contributed by atoms with Gasteiger partial charge >= 0.3 is 6.09 Å². The van der Waals surface area contributed by atoms with E-state index in [9.17, 15) is 9.59 Å². The first kappa shape index (κ1) is 19.9. The van der Waals surface area contributed by atoms with Crippen molar-refractivity contribution in [2.45, 2.75) is 33.3 Å².